The SMILES string of the molecule is NC(=O)c1cccc2c1NC(c1ccc([N+](=O)[O-])cc1)C1CC=CC21. The molecule has 1 aliphatic carbocycles. The third kappa shape index (κ3) is 2.46. The molecule has 2 aromatic carbocycles. The van der Waals surface area contributed by atoms with E-state index in [4.69, 9.17) is 5.73 Å². The molecule has 0 spiro atoms. The first-order valence-corrected chi connectivity index (χ1v) is 8.16. The van der Waals surface area contributed by atoms with Gasteiger partial charge in [0.15, 0.2) is 0 Å². The molecule has 0 bridgehead atoms. The molecule has 3 atom stereocenters. The number of non-ortho nitro benzene ring substituents is 1. The Bertz CT molecular complexity index is 889. The largest absolute Gasteiger partial charge is 0.377 e. The molecule has 126 valence electrons. The van der Waals surface area contributed by atoms with Gasteiger partial charge in [0.2, 0.25) is 0 Å². The summed E-state index contributed by atoms with van der Waals surface area (Å²) in [4.78, 5) is 22.3. The summed E-state index contributed by atoms with van der Waals surface area (Å²) in [5.74, 6) is 0.0417. The number of nitrogens with one attached hydrogen (secondary N) is 1. The molecule has 0 aromatic heterocycles. The average molecular weight is 335 g/mol. The Morgan fingerprint density at radius 3 is 2.64 bits per heavy atom. The van der Waals surface area contributed by atoms with Crippen LogP contribution in [0.4, 0.5) is 11.4 Å². The van der Waals surface area contributed by atoms with Crippen molar-refractivity contribution in [3.8, 4) is 0 Å². The van der Waals surface area contributed by atoms with Crippen molar-refractivity contribution in [1.29, 1.82) is 0 Å². The van der Waals surface area contributed by atoms with Gasteiger partial charge in [-0.1, -0.05) is 36.4 Å². The van der Waals surface area contributed by atoms with Crippen LogP contribution in [0, 0.1) is 16.0 Å². The summed E-state index contributed by atoms with van der Waals surface area (Å²) < 4.78 is 0. The minimum atomic E-state index is -0.466. The lowest BCUT2D eigenvalue weighted by molar-refractivity contribution is -0.384. The van der Waals surface area contributed by atoms with E-state index in [0.29, 0.717) is 11.5 Å². The number of fused-ring (bicyclic) bond motifs is 3. The molecule has 0 radical (unpaired) electrons. The van der Waals surface area contributed by atoms with Gasteiger partial charge in [0.1, 0.15) is 0 Å². The number of nitrogens with two attached hydrogens (primary N) is 1. The second-order valence-electron chi connectivity index (χ2n) is 6.46. The number of nitro benzene ring substituents is 1. The van der Waals surface area contributed by atoms with E-state index in [0.717, 1.165) is 23.2 Å². The third-order valence-corrected chi connectivity index (χ3v) is 5.13. The number of carbonyl (C=O) groups excluding carboxylic acids is 1. The summed E-state index contributed by atoms with van der Waals surface area (Å²) in [5, 5.41) is 14.4. The Kier molecular flexibility index (Phi) is 3.53. The molecule has 2 aromatic rings. The number of benzene rings is 2. The molecular formula is C19H17N3O3. The summed E-state index contributed by atoms with van der Waals surface area (Å²) >= 11 is 0. The number of hydrogen-bond donors (Lipinski definition) is 2. The van der Waals surface area contributed by atoms with Crippen molar-refractivity contribution in [1.82, 2.24) is 0 Å². The number of carbonyl (C=O) groups is 1. The fourth-order valence-corrected chi connectivity index (χ4v) is 3.96. The second kappa shape index (κ2) is 5.73. The maximum Gasteiger partial charge on any atom is 0.269 e. The van der Waals surface area contributed by atoms with Gasteiger partial charge in [-0.25, -0.2) is 0 Å². The normalized spacial score (nSPS) is 23.4. The molecule has 1 aliphatic heterocycles. The first-order valence-electron chi connectivity index (χ1n) is 8.16. The lowest BCUT2D eigenvalue weighted by Gasteiger charge is -2.38. The van der Waals surface area contributed by atoms with Crippen LogP contribution in [0.15, 0.2) is 54.6 Å². The van der Waals surface area contributed by atoms with E-state index in [-0.39, 0.29) is 17.6 Å². The Labute approximate surface area is 144 Å². The first-order chi connectivity index (χ1) is 12.1. The average Bonchev–Trinajstić information content (AvgIpc) is 3.10. The van der Waals surface area contributed by atoms with Gasteiger partial charge in [0, 0.05) is 18.1 Å². The van der Waals surface area contributed by atoms with Gasteiger partial charge in [-0.2, -0.15) is 0 Å². The van der Waals surface area contributed by atoms with Crippen LogP contribution in [-0.4, -0.2) is 10.8 Å². The minimum Gasteiger partial charge on any atom is -0.377 e. The monoisotopic (exact) mass is 335 g/mol. The number of nitro groups is 1. The molecule has 0 fully saturated rings. The van der Waals surface area contributed by atoms with Crippen molar-refractivity contribution in [3.05, 3.63) is 81.4 Å². The molecule has 4 rings (SSSR count). The standard InChI is InChI=1S/C19H17N3O3/c20-19(23)16-6-2-5-15-13-3-1-4-14(13)17(21-18(15)16)11-7-9-12(10-8-11)22(24)25/h1-3,5-10,13-14,17,21H,4H2,(H2,20,23). The van der Waals surface area contributed by atoms with Crippen LogP contribution in [-0.2, 0) is 0 Å². The number of nitrogens with zero attached hydrogens (tertiary/aromatic N) is 1. The molecule has 1 amide bonds. The van der Waals surface area contributed by atoms with Crippen molar-refractivity contribution >= 4 is 17.3 Å². The Morgan fingerprint density at radius 2 is 1.96 bits per heavy atom. The Balaban J connectivity index is 1.78. The van der Waals surface area contributed by atoms with Crippen molar-refractivity contribution in [2.24, 2.45) is 11.7 Å². The lowest BCUT2D eigenvalue weighted by atomic mass is 9.76. The van der Waals surface area contributed by atoms with Crippen LogP contribution in [0.2, 0.25) is 0 Å². The van der Waals surface area contributed by atoms with Crippen LogP contribution in [0.25, 0.3) is 0 Å². The summed E-state index contributed by atoms with van der Waals surface area (Å²) in [6.07, 6.45) is 5.24. The molecule has 0 saturated heterocycles. The quantitative estimate of drug-likeness (QED) is 0.509. The van der Waals surface area contributed by atoms with Gasteiger partial charge in [-0.3, -0.25) is 14.9 Å². The van der Waals surface area contributed by atoms with Gasteiger partial charge >= 0.3 is 0 Å². The van der Waals surface area contributed by atoms with E-state index in [1.165, 1.54) is 12.1 Å². The number of allylic oxidation sites excluding steroid dienone is 2. The molecule has 0 saturated carbocycles. The molecule has 2 aliphatic rings. The van der Waals surface area contributed by atoms with Gasteiger partial charge in [-0.05, 0) is 29.5 Å². The zero-order valence-electron chi connectivity index (χ0n) is 13.4. The summed E-state index contributed by atoms with van der Waals surface area (Å²) in [5.41, 5.74) is 8.90. The highest BCUT2D eigenvalue weighted by molar-refractivity contribution is 5.99. The minimum absolute atomic E-state index is 0.0335. The summed E-state index contributed by atoms with van der Waals surface area (Å²) in [7, 11) is 0. The van der Waals surface area contributed by atoms with Crippen LogP contribution >= 0.6 is 0 Å². The van der Waals surface area contributed by atoms with Gasteiger partial charge in [0.25, 0.3) is 11.6 Å². The predicted octanol–water partition coefficient (Wildman–Crippen LogP) is 3.52. The van der Waals surface area contributed by atoms with E-state index in [9.17, 15) is 14.9 Å². The maximum atomic E-state index is 11.8. The fourth-order valence-electron chi connectivity index (χ4n) is 3.96. The molecule has 25 heavy (non-hydrogen) atoms. The van der Waals surface area contributed by atoms with Crippen LogP contribution in [0.1, 0.15) is 39.9 Å². The molecule has 3 N–H and O–H groups in total. The van der Waals surface area contributed by atoms with Gasteiger partial charge in [-0.15, -0.1) is 0 Å². The zero-order valence-corrected chi connectivity index (χ0v) is 13.4. The van der Waals surface area contributed by atoms with Gasteiger partial charge < -0.3 is 11.1 Å². The molecule has 1 heterocycles. The van der Waals surface area contributed by atoms with Gasteiger partial charge in [0.05, 0.1) is 22.2 Å². The van der Waals surface area contributed by atoms with E-state index in [1.807, 2.05) is 12.1 Å². The number of hydrogen-bond acceptors (Lipinski definition) is 4. The number of para-hydroxylation sites is 1. The van der Waals surface area contributed by atoms with E-state index in [1.54, 1.807) is 18.2 Å². The molecule has 6 nitrogen and oxygen atoms in total. The Morgan fingerprint density at radius 1 is 1.20 bits per heavy atom. The van der Waals surface area contributed by atoms with E-state index in [2.05, 4.69) is 17.5 Å². The lowest BCUT2D eigenvalue weighted by Crippen LogP contribution is -2.31. The second-order valence-corrected chi connectivity index (χ2v) is 6.46. The highest BCUT2D eigenvalue weighted by Gasteiger charge is 2.39. The predicted molar refractivity (Wildman–Crippen MR) is 94.4 cm³/mol. The summed E-state index contributed by atoms with van der Waals surface area (Å²) in [6.45, 7) is 0. The van der Waals surface area contributed by atoms with Crippen LogP contribution in [0.5, 0.6) is 0 Å². The smallest absolute Gasteiger partial charge is 0.269 e. The number of amides is 1. The van der Waals surface area contributed by atoms with E-state index >= 15 is 0 Å². The number of rotatable bonds is 3. The molecular weight excluding hydrogens is 318 g/mol. The maximum absolute atomic E-state index is 11.8. The zero-order chi connectivity index (χ0) is 17.6. The first kappa shape index (κ1) is 15.4. The Hall–Kier alpha value is -3.15. The molecule has 3 unspecified atom stereocenters. The molecule has 6 heteroatoms. The van der Waals surface area contributed by atoms with Crippen molar-refractivity contribution in [2.75, 3.05) is 5.32 Å². The van der Waals surface area contributed by atoms with Crippen LogP contribution < -0.4 is 11.1 Å². The van der Waals surface area contributed by atoms with Crippen LogP contribution in [0.3, 0.4) is 0 Å². The summed E-state index contributed by atoms with van der Waals surface area (Å²) in [6, 6.07) is 12.2. The highest BCUT2D eigenvalue weighted by Crippen LogP contribution is 2.50. The topological polar surface area (TPSA) is 98.3 Å². The third-order valence-electron chi connectivity index (χ3n) is 5.13. The van der Waals surface area contributed by atoms with E-state index < -0.39 is 10.8 Å². The number of anilines is 1. The van der Waals surface area contributed by atoms with Crippen molar-refractivity contribution < 1.29 is 9.72 Å². The number of primary amides is 1. The highest BCUT2D eigenvalue weighted by atomic mass is 16.6. The van der Waals surface area contributed by atoms with Crippen molar-refractivity contribution in [2.45, 2.75) is 18.4 Å². The van der Waals surface area contributed by atoms with Crippen molar-refractivity contribution in [3.63, 3.8) is 0 Å². The fraction of sp³-hybridized carbons (Fsp3) is 0.211.